The predicted molar refractivity (Wildman–Crippen MR) is 114 cm³/mol. The van der Waals surface area contributed by atoms with Crippen molar-refractivity contribution in [2.45, 2.75) is 20.0 Å². The van der Waals surface area contributed by atoms with Crippen molar-refractivity contribution in [2.24, 2.45) is 0 Å². The molecule has 6 nitrogen and oxygen atoms in total. The van der Waals surface area contributed by atoms with Gasteiger partial charge in [-0.15, -0.1) is 6.58 Å². The summed E-state index contributed by atoms with van der Waals surface area (Å²) in [5.41, 5.74) is 1.21. The second-order valence-corrected chi connectivity index (χ2v) is 7.10. The molecule has 0 aliphatic carbocycles. The third-order valence-electron chi connectivity index (χ3n) is 4.67. The molecule has 0 N–H and O–H groups in total. The number of amides is 2. The van der Waals surface area contributed by atoms with Gasteiger partial charge in [-0.3, -0.25) is 14.6 Å². The summed E-state index contributed by atoms with van der Waals surface area (Å²) in [4.78, 5) is 33.0. The summed E-state index contributed by atoms with van der Waals surface area (Å²) in [7, 11) is 0. The van der Waals surface area contributed by atoms with E-state index in [1.807, 2.05) is 19.1 Å². The zero-order chi connectivity index (χ0) is 22.2. The predicted octanol–water partition coefficient (Wildman–Crippen LogP) is 3.98. The molecule has 0 atom stereocenters. The molecule has 160 valence electrons. The van der Waals surface area contributed by atoms with Crippen molar-refractivity contribution in [3.63, 3.8) is 0 Å². The lowest BCUT2D eigenvalue weighted by Crippen LogP contribution is -2.42. The van der Waals surface area contributed by atoms with Gasteiger partial charge in [0.05, 0.1) is 6.54 Å². The van der Waals surface area contributed by atoms with Crippen LogP contribution in [-0.4, -0.2) is 39.7 Å². The second kappa shape index (κ2) is 10.3. The fourth-order valence-electron chi connectivity index (χ4n) is 3.12. The quantitative estimate of drug-likeness (QED) is 0.490. The monoisotopic (exact) mass is 421 g/mol. The fourth-order valence-corrected chi connectivity index (χ4v) is 3.12. The highest BCUT2D eigenvalue weighted by Crippen LogP contribution is 2.15. The largest absolute Gasteiger partial charge is 0.464 e. The minimum Gasteiger partial charge on any atom is -0.464 e. The number of benzene rings is 1. The normalized spacial score (nSPS) is 10.5. The molecule has 0 aliphatic heterocycles. The molecule has 3 aromatic rings. The van der Waals surface area contributed by atoms with Gasteiger partial charge in [0.25, 0.3) is 5.91 Å². The van der Waals surface area contributed by atoms with Crippen LogP contribution in [0.5, 0.6) is 0 Å². The number of carbonyl (C=O) groups excluding carboxylic acids is 2. The van der Waals surface area contributed by atoms with Crippen LogP contribution in [0, 0.1) is 12.7 Å². The van der Waals surface area contributed by atoms with Crippen LogP contribution in [0.1, 0.15) is 27.4 Å². The van der Waals surface area contributed by atoms with E-state index in [0.29, 0.717) is 11.3 Å². The minimum atomic E-state index is -0.344. The topological polar surface area (TPSA) is 66.7 Å². The molecule has 0 fully saturated rings. The van der Waals surface area contributed by atoms with Crippen molar-refractivity contribution in [1.82, 2.24) is 14.8 Å². The summed E-state index contributed by atoms with van der Waals surface area (Å²) >= 11 is 0. The van der Waals surface area contributed by atoms with Crippen LogP contribution in [0.2, 0.25) is 0 Å². The van der Waals surface area contributed by atoms with Gasteiger partial charge in [0.1, 0.15) is 23.9 Å². The molecule has 0 saturated carbocycles. The molecule has 31 heavy (non-hydrogen) atoms. The van der Waals surface area contributed by atoms with Crippen molar-refractivity contribution in [1.29, 1.82) is 0 Å². The summed E-state index contributed by atoms with van der Waals surface area (Å²) in [5.74, 6) is 0.478. The first-order chi connectivity index (χ1) is 15.0. The smallest absolute Gasteiger partial charge is 0.254 e. The van der Waals surface area contributed by atoms with Gasteiger partial charge >= 0.3 is 0 Å². The zero-order valence-electron chi connectivity index (χ0n) is 17.3. The van der Waals surface area contributed by atoms with E-state index in [0.717, 1.165) is 11.3 Å². The van der Waals surface area contributed by atoms with Crippen LogP contribution in [0.15, 0.2) is 78.0 Å². The number of carbonyl (C=O) groups is 2. The molecule has 0 aliphatic rings. The van der Waals surface area contributed by atoms with Gasteiger partial charge in [0.15, 0.2) is 0 Å². The van der Waals surface area contributed by atoms with Gasteiger partial charge < -0.3 is 14.2 Å². The van der Waals surface area contributed by atoms with Crippen LogP contribution in [0.4, 0.5) is 4.39 Å². The van der Waals surface area contributed by atoms with E-state index in [1.165, 1.54) is 29.4 Å². The highest BCUT2D eigenvalue weighted by atomic mass is 19.1. The number of aromatic nitrogens is 1. The Kier molecular flexibility index (Phi) is 7.32. The first-order valence-electron chi connectivity index (χ1n) is 9.84. The summed E-state index contributed by atoms with van der Waals surface area (Å²) in [5, 5.41) is 0. The molecular weight excluding hydrogens is 397 g/mol. The molecule has 0 saturated heterocycles. The Morgan fingerprint density at radius 3 is 2.35 bits per heavy atom. The fraction of sp³-hybridized carbons (Fsp3) is 0.208. The van der Waals surface area contributed by atoms with E-state index in [2.05, 4.69) is 11.6 Å². The average Bonchev–Trinajstić information content (AvgIpc) is 3.19. The Balaban J connectivity index is 1.80. The molecule has 2 heterocycles. The molecule has 1 aromatic carbocycles. The van der Waals surface area contributed by atoms with E-state index >= 15 is 0 Å². The third kappa shape index (κ3) is 6.12. The van der Waals surface area contributed by atoms with E-state index in [1.54, 1.807) is 35.2 Å². The maximum atomic E-state index is 13.3. The molecular formula is C24H24FN3O3. The van der Waals surface area contributed by atoms with Gasteiger partial charge in [-0.1, -0.05) is 18.2 Å². The highest BCUT2D eigenvalue weighted by Gasteiger charge is 2.23. The maximum Gasteiger partial charge on any atom is 0.254 e. The molecule has 0 radical (unpaired) electrons. The minimum absolute atomic E-state index is 0.131. The van der Waals surface area contributed by atoms with Crippen molar-refractivity contribution < 1.29 is 18.4 Å². The Hall–Kier alpha value is -3.74. The summed E-state index contributed by atoms with van der Waals surface area (Å²) in [6, 6.07) is 12.8. The lowest BCUT2D eigenvalue weighted by atomic mass is 10.2. The molecule has 2 amide bonds. The summed E-state index contributed by atoms with van der Waals surface area (Å²) in [6.07, 6.45) is 4.63. The van der Waals surface area contributed by atoms with E-state index in [4.69, 9.17) is 4.42 Å². The zero-order valence-corrected chi connectivity index (χ0v) is 17.3. The van der Waals surface area contributed by atoms with Crippen molar-refractivity contribution in [2.75, 3.05) is 13.1 Å². The highest BCUT2D eigenvalue weighted by molar-refractivity contribution is 5.96. The van der Waals surface area contributed by atoms with Gasteiger partial charge in [0.2, 0.25) is 5.91 Å². The lowest BCUT2D eigenvalue weighted by Gasteiger charge is -2.27. The second-order valence-electron chi connectivity index (χ2n) is 7.10. The van der Waals surface area contributed by atoms with Gasteiger partial charge in [-0.2, -0.15) is 0 Å². The standard InChI is InChI=1S/C24H24FN3O3/c1-3-14-27(24(30)20-10-12-26-13-11-20)17-23(29)28(16-22-9-4-18(2)31-22)15-19-5-7-21(25)8-6-19/h3-13H,1,14-17H2,2H3. The SMILES string of the molecule is C=CCN(CC(=O)N(Cc1ccc(F)cc1)Cc1ccc(C)o1)C(=O)c1ccncc1. The Bertz CT molecular complexity index is 1030. The maximum absolute atomic E-state index is 13.3. The number of hydrogen-bond acceptors (Lipinski definition) is 4. The van der Waals surface area contributed by atoms with E-state index in [-0.39, 0.29) is 43.8 Å². The van der Waals surface area contributed by atoms with Crippen molar-refractivity contribution >= 4 is 11.8 Å². The van der Waals surface area contributed by atoms with Crippen LogP contribution >= 0.6 is 0 Å². The third-order valence-corrected chi connectivity index (χ3v) is 4.67. The van der Waals surface area contributed by atoms with E-state index < -0.39 is 0 Å². The van der Waals surface area contributed by atoms with Crippen LogP contribution in [0.3, 0.4) is 0 Å². The number of hydrogen-bond donors (Lipinski definition) is 0. The molecule has 7 heteroatoms. The summed E-state index contributed by atoms with van der Waals surface area (Å²) < 4.78 is 18.9. The number of nitrogens with zero attached hydrogens (tertiary/aromatic N) is 3. The van der Waals surface area contributed by atoms with Crippen molar-refractivity contribution in [3.05, 3.63) is 102 Å². The number of pyridine rings is 1. The van der Waals surface area contributed by atoms with E-state index in [9.17, 15) is 14.0 Å². The Morgan fingerprint density at radius 1 is 1.03 bits per heavy atom. The first kappa shape index (κ1) is 22.0. The van der Waals surface area contributed by atoms with Gasteiger partial charge in [-0.05, 0) is 48.9 Å². The van der Waals surface area contributed by atoms with Crippen LogP contribution in [0.25, 0.3) is 0 Å². The van der Waals surface area contributed by atoms with Gasteiger partial charge in [-0.25, -0.2) is 4.39 Å². The number of halogens is 1. The van der Waals surface area contributed by atoms with Crippen molar-refractivity contribution in [3.8, 4) is 0 Å². The Morgan fingerprint density at radius 2 is 1.74 bits per heavy atom. The van der Waals surface area contributed by atoms with Crippen LogP contribution < -0.4 is 0 Å². The van der Waals surface area contributed by atoms with Crippen LogP contribution in [-0.2, 0) is 17.9 Å². The molecule has 0 spiro atoms. The lowest BCUT2D eigenvalue weighted by molar-refractivity contribution is -0.133. The number of rotatable bonds is 9. The van der Waals surface area contributed by atoms with Gasteiger partial charge in [0, 0.05) is 31.0 Å². The summed E-state index contributed by atoms with van der Waals surface area (Å²) in [6.45, 7) is 6.10. The number of furan rings is 1. The molecule has 2 aromatic heterocycles. The molecule has 0 unspecified atom stereocenters. The Labute approximate surface area is 180 Å². The first-order valence-corrected chi connectivity index (χ1v) is 9.84. The number of aryl methyl sites for hydroxylation is 1. The molecule has 3 rings (SSSR count). The average molecular weight is 421 g/mol. The molecule has 0 bridgehead atoms.